The Morgan fingerprint density at radius 2 is 1.28 bits per heavy atom. The highest BCUT2D eigenvalue weighted by molar-refractivity contribution is 5.20. The summed E-state index contributed by atoms with van der Waals surface area (Å²) < 4.78 is 0. The van der Waals surface area contributed by atoms with E-state index in [0.29, 0.717) is 6.04 Å². The molecule has 0 aromatic rings. The van der Waals surface area contributed by atoms with E-state index in [1.807, 2.05) is 13.8 Å². The van der Waals surface area contributed by atoms with Gasteiger partial charge in [-0.2, -0.15) is 0 Å². The molecule has 0 bridgehead atoms. The van der Waals surface area contributed by atoms with Gasteiger partial charge >= 0.3 is 0 Å². The van der Waals surface area contributed by atoms with Crippen molar-refractivity contribution in [3.8, 4) is 0 Å². The van der Waals surface area contributed by atoms with Gasteiger partial charge in [-0.3, -0.25) is 0 Å². The van der Waals surface area contributed by atoms with Crippen LogP contribution in [0.4, 0.5) is 0 Å². The predicted octanol–water partition coefficient (Wildman–Crippen LogP) is 5.50. The van der Waals surface area contributed by atoms with Crippen LogP contribution in [0, 0.1) is 10.8 Å². The van der Waals surface area contributed by atoms with Crippen molar-refractivity contribution in [1.82, 2.24) is 4.90 Å². The third-order valence-electron chi connectivity index (χ3n) is 4.55. The van der Waals surface area contributed by atoms with E-state index in [-0.39, 0.29) is 10.8 Å². The monoisotopic (exact) mass is 253 g/mol. The van der Waals surface area contributed by atoms with E-state index in [9.17, 15) is 0 Å². The zero-order valence-corrected chi connectivity index (χ0v) is 14.4. The van der Waals surface area contributed by atoms with E-state index in [2.05, 4.69) is 73.6 Å². The van der Waals surface area contributed by atoms with Crippen molar-refractivity contribution in [3.63, 3.8) is 0 Å². The van der Waals surface area contributed by atoms with Crippen LogP contribution in [-0.4, -0.2) is 18.0 Å². The fourth-order valence-corrected chi connectivity index (χ4v) is 1.65. The van der Waals surface area contributed by atoms with Gasteiger partial charge in [0.15, 0.2) is 0 Å². The number of hydrogen-bond acceptors (Lipinski definition) is 1. The highest BCUT2D eigenvalue weighted by Gasteiger charge is 2.41. The highest BCUT2D eigenvalue weighted by atomic mass is 15.1. The summed E-state index contributed by atoms with van der Waals surface area (Å²) in [6.45, 7) is 27.9. The largest absolute Gasteiger partial charge is 0.375 e. The first-order valence-corrected chi connectivity index (χ1v) is 7.04. The van der Waals surface area contributed by atoms with Crippen molar-refractivity contribution >= 4 is 0 Å². The summed E-state index contributed by atoms with van der Waals surface area (Å²) in [4.78, 5) is 2.25. The lowest BCUT2D eigenvalue weighted by Crippen LogP contribution is -2.42. The minimum absolute atomic E-state index is 0.0118. The molecule has 0 rings (SSSR count). The highest BCUT2D eigenvalue weighted by Crippen LogP contribution is 2.48. The van der Waals surface area contributed by atoms with Gasteiger partial charge in [0.2, 0.25) is 0 Å². The molecule has 18 heavy (non-hydrogen) atoms. The van der Waals surface area contributed by atoms with E-state index in [4.69, 9.17) is 0 Å². The molecule has 0 N–H and O–H groups in total. The van der Waals surface area contributed by atoms with Crippen molar-refractivity contribution in [1.29, 1.82) is 0 Å². The van der Waals surface area contributed by atoms with Crippen molar-refractivity contribution in [3.05, 3.63) is 24.4 Å². The van der Waals surface area contributed by atoms with Crippen molar-refractivity contribution in [2.75, 3.05) is 7.05 Å². The molecule has 0 aromatic carbocycles. The Labute approximate surface area is 116 Å². The van der Waals surface area contributed by atoms with Gasteiger partial charge in [-0.05, 0) is 26.2 Å². The molecule has 1 heteroatoms. The van der Waals surface area contributed by atoms with Crippen LogP contribution in [0.5, 0.6) is 0 Å². The molecule has 0 amide bonds. The maximum atomic E-state index is 4.28. The molecule has 0 aliphatic carbocycles. The molecule has 0 heterocycles. The zero-order valence-electron chi connectivity index (χ0n) is 14.4. The molecule has 0 saturated heterocycles. The van der Waals surface area contributed by atoms with Crippen LogP contribution in [0.25, 0.3) is 0 Å². The molecule has 0 aliphatic heterocycles. The predicted molar refractivity (Wildman–Crippen MR) is 85.8 cm³/mol. The summed E-state index contributed by atoms with van der Waals surface area (Å²) in [6, 6.07) is 0.479. The van der Waals surface area contributed by atoms with Crippen molar-refractivity contribution in [2.24, 2.45) is 10.8 Å². The first-order valence-electron chi connectivity index (χ1n) is 7.04. The fourth-order valence-electron chi connectivity index (χ4n) is 1.65. The normalized spacial score (nSPS) is 11.7. The van der Waals surface area contributed by atoms with Crippen LogP contribution in [0.1, 0.15) is 62.3 Å². The second kappa shape index (κ2) is 7.01. The summed E-state index contributed by atoms with van der Waals surface area (Å²) >= 11 is 0. The summed E-state index contributed by atoms with van der Waals surface area (Å²) in [5.41, 5.74) is 2.44. The fraction of sp³-hybridized carbons (Fsp3) is 0.765. The molecule has 0 fully saturated rings. The summed E-state index contributed by atoms with van der Waals surface area (Å²) in [5, 5.41) is 0. The van der Waals surface area contributed by atoms with Crippen LogP contribution < -0.4 is 0 Å². The summed E-state index contributed by atoms with van der Waals surface area (Å²) in [5.74, 6) is 0. The van der Waals surface area contributed by atoms with Gasteiger partial charge in [-0.15, -0.1) is 0 Å². The lowest BCUT2D eigenvalue weighted by Gasteiger charge is -2.47. The van der Waals surface area contributed by atoms with Crippen molar-refractivity contribution in [2.45, 2.75) is 68.4 Å². The molecule has 0 atom stereocenters. The Morgan fingerprint density at radius 1 is 0.944 bits per heavy atom. The standard InChI is InChI=1S/C15H29N.C2H6/c1-11(2)14(6,7)15(8,9)13(5)16(10)12(3)4;1-2/h12H,1,5H2,2-4,6-10H3;1-2H3. The van der Waals surface area contributed by atoms with Crippen LogP contribution in [-0.2, 0) is 0 Å². The maximum Gasteiger partial charge on any atom is 0.0227 e. The Bertz CT molecular complexity index is 282. The van der Waals surface area contributed by atoms with Gasteiger partial charge in [-0.25, -0.2) is 0 Å². The van der Waals surface area contributed by atoms with E-state index in [0.717, 1.165) is 0 Å². The number of nitrogens with zero attached hydrogens (tertiary/aromatic N) is 1. The Hall–Kier alpha value is -0.720. The Balaban J connectivity index is 0. The SMILES string of the molecule is C=C(C)C(C)(C)C(C)(C)C(=C)N(C)C(C)C.CC. The number of allylic oxidation sites excluding steroid dienone is 2. The van der Waals surface area contributed by atoms with Gasteiger partial charge in [0, 0.05) is 24.2 Å². The van der Waals surface area contributed by atoms with Gasteiger partial charge < -0.3 is 4.90 Å². The number of rotatable bonds is 5. The molecular formula is C17H35N. The van der Waals surface area contributed by atoms with E-state index in [1.165, 1.54) is 11.3 Å². The minimum atomic E-state index is 0.0118. The topological polar surface area (TPSA) is 3.24 Å². The molecule has 0 aromatic heterocycles. The molecule has 0 aliphatic rings. The van der Waals surface area contributed by atoms with E-state index in [1.54, 1.807) is 0 Å². The Morgan fingerprint density at radius 3 is 1.50 bits per heavy atom. The lowest BCUT2D eigenvalue weighted by atomic mass is 9.62. The molecule has 0 saturated carbocycles. The lowest BCUT2D eigenvalue weighted by molar-refractivity contribution is 0.141. The van der Waals surface area contributed by atoms with E-state index >= 15 is 0 Å². The Kier molecular flexibility index (Phi) is 7.64. The molecule has 108 valence electrons. The van der Waals surface area contributed by atoms with Gasteiger partial charge in [0.25, 0.3) is 0 Å². The van der Waals surface area contributed by atoms with Gasteiger partial charge in [0.1, 0.15) is 0 Å². The van der Waals surface area contributed by atoms with Crippen LogP contribution in [0.3, 0.4) is 0 Å². The van der Waals surface area contributed by atoms with Crippen molar-refractivity contribution < 1.29 is 0 Å². The number of hydrogen-bond donors (Lipinski definition) is 0. The second-order valence-corrected chi connectivity index (χ2v) is 6.18. The smallest absolute Gasteiger partial charge is 0.0227 e. The second-order valence-electron chi connectivity index (χ2n) is 6.18. The summed E-state index contributed by atoms with van der Waals surface area (Å²) in [6.07, 6.45) is 0. The first kappa shape index (κ1) is 19.6. The molecular weight excluding hydrogens is 218 g/mol. The van der Waals surface area contributed by atoms with Gasteiger partial charge in [-0.1, -0.05) is 60.3 Å². The average molecular weight is 253 g/mol. The zero-order chi connectivity index (χ0) is 15.3. The third kappa shape index (κ3) is 3.90. The molecule has 1 nitrogen and oxygen atoms in total. The third-order valence-corrected chi connectivity index (χ3v) is 4.55. The van der Waals surface area contributed by atoms with Crippen LogP contribution in [0.15, 0.2) is 24.4 Å². The molecule has 0 spiro atoms. The minimum Gasteiger partial charge on any atom is -0.375 e. The van der Waals surface area contributed by atoms with Gasteiger partial charge in [0.05, 0.1) is 0 Å². The maximum absolute atomic E-state index is 4.28. The quantitative estimate of drug-likeness (QED) is 0.585. The molecule has 0 unspecified atom stereocenters. The average Bonchev–Trinajstić information content (AvgIpc) is 2.28. The molecule has 0 radical (unpaired) electrons. The van der Waals surface area contributed by atoms with Crippen LogP contribution >= 0.6 is 0 Å². The van der Waals surface area contributed by atoms with E-state index < -0.39 is 0 Å². The summed E-state index contributed by atoms with van der Waals surface area (Å²) in [7, 11) is 2.11. The first-order chi connectivity index (χ1) is 7.96. The van der Waals surface area contributed by atoms with Crippen LogP contribution in [0.2, 0.25) is 0 Å².